The van der Waals surface area contributed by atoms with E-state index in [1.54, 1.807) is 18.2 Å². The summed E-state index contributed by atoms with van der Waals surface area (Å²) in [6.07, 6.45) is 1.04. The molecule has 0 radical (unpaired) electrons. The number of benzene rings is 2. The summed E-state index contributed by atoms with van der Waals surface area (Å²) in [4.78, 5) is 20.5. The lowest BCUT2D eigenvalue weighted by atomic mass is 10.1. The van der Waals surface area contributed by atoms with Crippen LogP contribution in [0.15, 0.2) is 42.5 Å². The van der Waals surface area contributed by atoms with Crippen LogP contribution in [-0.2, 0) is 4.79 Å². The molecule has 0 spiro atoms. The molecule has 0 aliphatic carbocycles. The number of anilines is 2. The molecule has 6 nitrogen and oxygen atoms in total. The Morgan fingerprint density at radius 3 is 2.80 bits per heavy atom. The molecule has 3 rings (SSSR count). The monoisotopic (exact) mass is 355 g/mol. The molecular formula is C18H18ClN5O. The van der Waals surface area contributed by atoms with Crippen molar-refractivity contribution in [3.8, 4) is 11.3 Å². The lowest BCUT2D eigenvalue weighted by Gasteiger charge is -2.10. The molecule has 3 aromatic rings. The number of fused-ring (bicyclic) bond motifs is 1. The van der Waals surface area contributed by atoms with Crippen molar-refractivity contribution in [1.29, 1.82) is 0 Å². The number of carbonyl (C=O) groups is 1. The summed E-state index contributed by atoms with van der Waals surface area (Å²) in [5, 5.41) is 4.26. The third kappa shape index (κ3) is 4.04. The molecule has 25 heavy (non-hydrogen) atoms. The number of nitrogens with two attached hydrogens (primary N) is 2. The quantitative estimate of drug-likeness (QED) is 0.651. The van der Waals surface area contributed by atoms with E-state index in [9.17, 15) is 4.79 Å². The third-order valence-electron chi connectivity index (χ3n) is 3.70. The van der Waals surface area contributed by atoms with Crippen LogP contribution in [0.4, 0.5) is 11.6 Å². The van der Waals surface area contributed by atoms with E-state index in [1.807, 2.05) is 24.3 Å². The molecule has 0 atom stereocenters. The highest BCUT2D eigenvalue weighted by Crippen LogP contribution is 2.30. The van der Waals surface area contributed by atoms with Crippen molar-refractivity contribution in [3.05, 3.63) is 47.5 Å². The first-order valence-electron chi connectivity index (χ1n) is 7.90. The van der Waals surface area contributed by atoms with E-state index in [1.165, 1.54) is 0 Å². The molecule has 0 unspecified atom stereocenters. The Morgan fingerprint density at radius 1 is 1.16 bits per heavy atom. The minimum absolute atomic E-state index is 0.0716. The molecule has 1 aromatic heterocycles. The summed E-state index contributed by atoms with van der Waals surface area (Å²) in [7, 11) is 0. The number of carbonyl (C=O) groups excluding carboxylic acids is 1. The Bertz CT molecular complexity index is 928. The molecule has 0 fully saturated rings. The largest absolute Gasteiger partial charge is 0.368 e. The SMILES string of the molecule is NCCCC(=O)Nc1cccc(-c2nc(N)nc3ccc(Cl)cc23)c1. The topological polar surface area (TPSA) is 107 Å². The van der Waals surface area contributed by atoms with Crippen LogP contribution in [0.1, 0.15) is 12.8 Å². The van der Waals surface area contributed by atoms with Crippen LogP contribution >= 0.6 is 11.6 Å². The summed E-state index contributed by atoms with van der Waals surface area (Å²) in [5.74, 6) is 0.111. The van der Waals surface area contributed by atoms with Gasteiger partial charge in [0.15, 0.2) is 0 Å². The summed E-state index contributed by atoms with van der Waals surface area (Å²) in [5.41, 5.74) is 14.2. The maximum Gasteiger partial charge on any atom is 0.224 e. The van der Waals surface area contributed by atoms with E-state index < -0.39 is 0 Å². The van der Waals surface area contributed by atoms with Gasteiger partial charge in [0.1, 0.15) is 0 Å². The Kier molecular flexibility index (Phi) is 5.11. The summed E-state index contributed by atoms with van der Waals surface area (Å²) >= 11 is 6.11. The number of amides is 1. The van der Waals surface area contributed by atoms with Gasteiger partial charge in [-0.1, -0.05) is 23.7 Å². The normalized spacial score (nSPS) is 10.8. The maximum atomic E-state index is 11.9. The smallest absolute Gasteiger partial charge is 0.224 e. The molecule has 1 amide bonds. The average Bonchev–Trinajstić information content (AvgIpc) is 2.60. The van der Waals surface area contributed by atoms with Gasteiger partial charge in [0.25, 0.3) is 0 Å². The van der Waals surface area contributed by atoms with Crippen molar-refractivity contribution < 1.29 is 4.79 Å². The minimum Gasteiger partial charge on any atom is -0.368 e. The van der Waals surface area contributed by atoms with E-state index in [-0.39, 0.29) is 11.9 Å². The number of halogens is 1. The Labute approximate surface area is 150 Å². The molecule has 0 saturated heterocycles. The standard InChI is InChI=1S/C18H18ClN5O/c19-12-6-7-15-14(10-12)17(24-18(21)23-15)11-3-1-4-13(9-11)22-16(25)5-2-8-20/h1,3-4,6-7,9-10H,2,5,8,20H2,(H,22,25)(H2,21,23,24). The molecular weight excluding hydrogens is 338 g/mol. The predicted molar refractivity (Wildman–Crippen MR) is 101 cm³/mol. The van der Waals surface area contributed by atoms with Crippen LogP contribution in [0, 0.1) is 0 Å². The van der Waals surface area contributed by atoms with E-state index in [0.717, 1.165) is 10.9 Å². The first kappa shape index (κ1) is 17.1. The van der Waals surface area contributed by atoms with Gasteiger partial charge in [-0.25, -0.2) is 9.97 Å². The Morgan fingerprint density at radius 2 is 2.00 bits per heavy atom. The Hall–Kier alpha value is -2.70. The summed E-state index contributed by atoms with van der Waals surface area (Å²) in [6, 6.07) is 12.8. The first-order valence-corrected chi connectivity index (χ1v) is 8.28. The number of nitrogens with one attached hydrogen (secondary N) is 1. The number of hydrogen-bond donors (Lipinski definition) is 3. The molecule has 2 aromatic carbocycles. The number of nitrogens with zero attached hydrogens (tertiary/aromatic N) is 2. The molecule has 0 aliphatic heterocycles. The van der Waals surface area contributed by atoms with Gasteiger partial charge >= 0.3 is 0 Å². The number of rotatable bonds is 5. The van der Waals surface area contributed by atoms with Crippen LogP contribution in [0.25, 0.3) is 22.2 Å². The van der Waals surface area contributed by atoms with Crippen LogP contribution in [0.5, 0.6) is 0 Å². The van der Waals surface area contributed by atoms with Crippen LogP contribution in [-0.4, -0.2) is 22.4 Å². The van der Waals surface area contributed by atoms with Crippen molar-refractivity contribution in [2.45, 2.75) is 12.8 Å². The predicted octanol–water partition coefficient (Wildman–Crippen LogP) is 3.21. The minimum atomic E-state index is -0.0716. The summed E-state index contributed by atoms with van der Waals surface area (Å²) in [6.45, 7) is 0.487. The van der Waals surface area contributed by atoms with Gasteiger partial charge in [-0.2, -0.15) is 0 Å². The van der Waals surface area contributed by atoms with Gasteiger partial charge in [-0.05, 0) is 43.3 Å². The van der Waals surface area contributed by atoms with Gasteiger partial charge in [-0.3, -0.25) is 4.79 Å². The van der Waals surface area contributed by atoms with Gasteiger partial charge in [0.05, 0.1) is 11.2 Å². The second kappa shape index (κ2) is 7.46. The van der Waals surface area contributed by atoms with Gasteiger partial charge in [0, 0.05) is 28.1 Å². The van der Waals surface area contributed by atoms with Crippen LogP contribution in [0.3, 0.4) is 0 Å². The highest BCUT2D eigenvalue weighted by molar-refractivity contribution is 6.31. The van der Waals surface area contributed by atoms with E-state index in [0.29, 0.717) is 41.3 Å². The molecule has 0 saturated carbocycles. The fraction of sp³-hybridized carbons (Fsp3) is 0.167. The highest BCUT2D eigenvalue weighted by atomic mass is 35.5. The van der Waals surface area contributed by atoms with Crippen molar-refractivity contribution in [2.24, 2.45) is 5.73 Å². The van der Waals surface area contributed by atoms with Crippen molar-refractivity contribution >= 4 is 40.0 Å². The second-order valence-electron chi connectivity index (χ2n) is 5.61. The maximum absolute atomic E-state index is 11.9. The summed E-state index contributed by atoms with van der Waals surface area (Å²) < 4.78 is 0. The molecule has 0 aliphatic rings. The van der Waals surface area contributed by atoms with Gasteiger partial charge < -0.3 is 16.8 Å². The van der Waals surface area contributed by atoms with Gasteiger partial charge in [0.2, 0.25) is 11.9 Å². The van der Waals surface area contributed by atoms with E-state index in [2.05, 4.69) is 15.3 Å². The molecule has 128 valence electrons. The zero-order chi connectivity index (χ0) is 17.8. The second-order valence-corrected chi connectivity index (χ2v) is 6.05. The fourth-order valence-corrected chi connectivity index (χ4v) is 2.74. The lowest BCUT2D eigenvalue weighted by molar-refractivity contribution is -0.116. The highest BCUT2D eigenvalue weighted by Gasteiger charge is 2.11. The van der Waals surface area contributed by atoms with Gasteiger partial charge in [-0.15, -0.1) is 0 Å². The van der Waals surface area contributed by atoms with Crippen LogP contribution < -0.4 is 16.8 Å². The molecule has 7 heteroatoms. The zero-order valence-electron chi connectivity index (χ0n) is 13.5. The van der Waals surface area contributed by atoms with E-state index >= 15 is 0 Å². The van der Waals surface area contributed by atoms with Crippen LogP contribution in [0.2, 0.25) is 5.02 Å². The molecule has 0 bridgehead atoms. The average molecular weight is 356 g/mol. The molecule has 1 heterocycles. The fourth-order valence-electron chi connectivity index (χ4n) is 2.57. The number of hydrogen-bond acceptors (Lipinski definition) is 5. The molecule has 5 N–H and O–H groups in total. The van der Waals surface area contributed by atoms with Crippen molar-refractivity contribution in [1.82, 2.24) is 9.97 Å². The van der Waals surface area contributed by atoms with E-state index in [4.69, 9.17) is 23.1 Å². The van der Waals surface area contributed by atoms with Crippen molar-refractivity contribution in [3.63, 3.8) is 0 Å². The third-order valence-corrected chi connectivity index (χ3v) is 3.94. The number of aromatic nitrogens is 2. The zero-order valence-corrected chi connectivity index (χ0v) is 14.3. The lowest BCUT2D eigenvalue weighted by Crippen LogP contribution is -2.13. The Balaban J connectivity index is 2.00. The van der Waals surface area contributed by atoms with Crippen molar-refractivity contribution in [2.75, 3.05) is 17.6 Å². The number of nitrogen functional groups attached to an aromatic ring is 1. The first-order chi connectivity index (χ1) is 12.1.